The molecular weight excluding hydrogens is 373 g/mol. The lowest BCUT2D eigenvalue weighted by atomic mass is 10.0. The van der Waals surface area contributed by atoms with Gasteiger partial charge in [-0.25, -0.2) is 9.97 Å². The van der Waals surface area contributed by atoms with Gasteiger partial charge in [0.25, 0.3) is 5.91 Å². The van der Waals surface area contributed by atoms with Gasteiger partial charge in [-0.3, -0.25) is 4.79 Å². The molecule has 28 heavy (non-hydrogen) atoms. The van der Waals surface area contributed by atoms with Gasteiger partial charge in [-0.2, -0.15) is 13.2 Å². The van der Waals surface area contributed by atoms with E-state index in [1.807, 2.05) is 0 Å². The predicted molar refractivity (Wildman–Crippen MR) is 97.5 cm³/mol. The van der Waals surface area contributed by atoms with Crippen LogP contribution in [0, 0.1) is 6.92 Å². The van der Waals surface area contributed by atoms with E-state index in [2.05, 4.69) is 15.3 Å². The summed E-state index contributed by atoms with van der Waals surface area (Å²) < 4.78 is 44.1. The van der Waals surface area contributed by atoms with Gasteiger partial charge in [-0.1, -0.05) is 12.1 Å². The molecule has 1 amide bonds. The first-order valence-corrected chi connectivity index (χ1v) is 8.89. The molecule has 1 saturated heterocycles. The lowest BCUT2D eigenvalue weighted by molar-refractivity contribution is -0.141. The number of hydrogen-bond donors (Lipinski definition) is 1. The summed E-state index contributed by atoms with van der Waals surface area (Å²) in [4.78, 5) is 21.9. The molecule has 0 spiro atoms. The van der Waals surface area contributed by atoms with Gasteiger partial charge in [-0.15, -0.1) is 0 Å². The van der Waals surface area contributed by atoms with Crippen LogP contribution in [0.25, 0.3) is 0 Å². The van der Waals surface area contributed by atoms with Gasteiger partial charge in [0.2, 0.25) is 0 Å². The number of carbonyl (C=O) groups is 1. The zero-order valence-corrected chi connectivity index (χ0v) is 15.6. The standard InChI is InChI=1S/C19H21F3N4O2/c1-12-23-16(19(20,21)22)11-17(24-12)26-9-7-13(8-10-26)25-18(27)14-5-3-4-6-15(14)28-2/h3-6,11,13H,7-10H2,1-2H3,(H,25,27). The Balaban J connectivity index is 1.64. The number of aryl methyl sites for hydroxylation is 1. The van der Waals surface area contributed by atoms with E-state index in [1.54, 1.807) is 29.2 Å². The molecule has 0 saturated carbocycles. The van der Waals surface area contributed by atoms with E-state index in [9.17, 15) is 18.0 Å². The van der Waals surface area contributed by atoms with Crippen LogP contribution < -0.4 is 15.0 Å². The third-order valence-corrected chi connectivity index (χ3v) is 4.62. The monoisotopic (exact) mass is 394 g/mol. The van der Waals surface area contributed by atoms with E-state index in [0.29, 0.717) is 37.2 Å². The van der Waals surface area contributed by atoms with E-state index in [0.717, 1.165) is 6.07 Å². The van der Waals surface area contributed by atoms with Crippen LogP contribution in [0.1, 0.15) is 34.7 Å². The molecule has 9 heteroatoms. The van der Waals surface area contributed by atoms with E-state index in [-0.39, 0.29) is 23.6 Å². The van der Waals surface area contributed by atoms with Crippen LogP contribution in [0.4, 0.5) is 19.0 Å². The molecule has 0 radical (unpaired) electrons. The van der Waals surface area contributed by atoms with Crippen LogP contribution in [0.2, 0.25) is 0 Å². The Morgan fingerprint density at radius 2 is 1.89 bits per heavy atom. The van der Waals surface area contributed by atoms with Crippen LogP contribution >= 0.6 is 0 Å². The van der Waals surface area contributed by atoms with Crippen LogP contribution in [0.3, 0.4) is 0 Å². The van der Waals surface area contributed by atoms with Gasteiger partial charge >= 0.3 is 6.18 Å². The molecule has 0 unspecified atom stereocenters. The van der Waals surface area contributed by atoms with Crippen LogP contribution in [0.5, 0.6) is 5.75 Å². The quantitative estimate of drug-likeness (QED) is 0.863. The molecule has 0 atom stereocenters. The summed E-state index contributed by atoms with van der Waals surface area (Å²) >= 11 is 0. The van der Waals surface area contributed by atoms with E-state index in [1.165, 1.54) is 14.0 Å². The van der Waals surface area contributed by atoms with Crippen LogP contribution in [-0.2, 0) is 6.18 Å². The first kappa shape index (κ1) is 19.9. The molecule has 1 aromatic carbocycles. The maximum atomic E-state index is 13.0. The normalized spacial score (nSPS) is 15.4. The number of methoxy groups -OCH3 is 1. The Labute approximate surface area is 160 Å². The van der Waals surface area contributed by atoms with Crippen molar-refractivity contribution in [3.63, 3.8) is 0 Å². The number of amides is 1. The molecule has 1 aliphatic heterocycles. The number of nitrogens with one attached hydrogen (secondary N) is 1. The number of anilines is 1. The maximum absolute atomic E-state index is 13.0. The number of para-hydroxylation sites is 1. The van der Waals surface area contributed by atoms with Crippen molar-refractivity contribution in [2.45, 2.75) is 32.0 Å². The summed E-state index contributed by atoms with van der Waals surface area (Å²) in [5.41, 5.74) is -0.490. The van der Waals surface area contributed by atoms with Crippen molar-refractivity contribution in [2.24, 2.45) is 0 Å². The second-order valence-electron chi connectivity index (χ2n) is 6.59. The maximum Gasteiger partial charge on any atom is 0.433 e. The van der Waals surface area contributed by atoms with Gasteiger partial charge in [0.15, 0.2) is 0 Å². The third-order valence-electron chi connectivity index (χ3n) is 4.62. The van der Waals surface area contributed by atoms with E-state index >= 15 is 0 Å². The van der Waals surface area contributed by atoms with Gasteiger partial charge < -0.3 is 15.0 Å². The average molecular weight is 394 g/mol. The number of benzene rings is 1. The fraction of sp³-hybridized carbons (Fsp3) is 0.421. The number of carbonyl (C=O) groups excluding carboxylic acids is 1. The summed E-state index contributed by atoms with van der Waals surface area (Å²) in [6, 6.07) is 7.85. The van der Waals surface area contributed by atoms with Crippen LogP contribution in [0.15, 0.2) is 30.3 Å². The van der Waals surface area contributed by atoms with Crippen molar-refractivity contribution >= 4 is 11.7 Å². The molecule has 1 aliphatic rings. The van der Waals surface area contributed by atoms with Crippen molar-refractivity contribution in [2.75, 3.05) is 25.1 Å². The first-order chi connectivity index (χ1) is 13.3. The number of halogens is 3. The average Bonchev–Trinajstić information content (AvgIpc) is 2.67. The minimum Gasteiger partial charge on any atom is -0.496 e. The van der Waals surface area contributed by atoms with Gasteiger partial charge in [0.05, 0.1) is 12.7 Å². The molecule has 1 fully saturated rings. The molecule has 150 valence electrons. The lowest BCUT2D eigenvalue weighted by Crippen LogP contribution is -2.45. The molecule has 2 aromatic rings. The SMILES string of the molecule is COc1ccccc1C(=O)NC1CCN(c2cc(C(F)(F)F)nc(C)n2)CC1. The van der Waals surface area contributed by atoms with E-state index < -0.39 is 11.9 Å². The largest absolute Gasteiger partial charge is 0.496 e. The topological polar surface area (TPSA) is 67.3 Å². The minimum atomic E-state index is -4.51. The number of ether oxygens (including phenoxy) is 1. The summed E-state index contributed by atoms with van der Waals surface area (Å²) in [5, 5.41) is 2.97. The number of aromatic nitrogens is 2. The van der Waals surface area contributed by atoms with Crippen molar-refractivity contribution in [1.82, 2.24) is 15.3 Å². The summed E-state index contributed by atoms with van der Waals surface area (Å²) in [6.45, 7) is 2.42. The predicted octanol–water partition coefficient (Wildman–Crippen LogP) is 3.21. The number of nitrogens with zero attached hydrogens (tertiary/aromatic N) is 3. The zero-order chi connectivity index (χ0) is 20.3. The Morgan fingerprint density at radius 1 is 1.21 bits per heavy atom. The summed E-state index contributed by atoms with van der Waals surface area (Å²) in [5.74, 6) is 0.604. The van der Waals surface area contributed by atoms with Gasteiger partial charge in [0, 0.05) is 25.2 Å². The Kier molecular flexibility index (Phi) is 5.71. The Morgan fingerprint density at radius 3 is 2.54 bits per heavy atom. The lowest BCUT2D eigenvalue weighted by Gasteiger charge is -2.33. The fourth-order valence-corrected chi connectivity index (χ4v) is 3.21. The number of rotatable bonds is 4. The van der Waals surface area contributed by atoms with Crippen molar-refractivity contribution in [3.05, 3.63) is 47.4 Å². The highest BCUT2D eigenvalue weighted by Crippen LogP contribution is 2.30. The summed E-state index contributed by atoms with van der Waals surface area (Å²) in [6.07, 6.45) is -3.31. The molecule has 2 heterocycles. The zero-order valence-electron chi connectivity index (χ0n) is 15.6. The molecule has 0 bridgehead atoms. The second-order valence-corrected chi connectivity index (χ2v) is 6.59. The molecule has 6 nitrogen and oxygen atoms in total. The molecule has 1 N–H and O–H groups in total. The second kappa shape index (κ2) is 8.04. The first-order valence-electron chi connectivity index (χ1n) is 8.89. The Hall–Kier alpha value is -2.84. The number of piperidine rings is 1. The highest BCUT2D eigenvalue weighted by Gasteiger charge is 2.34. The van der Waals surface area contributed by atoms with Gasteiger partial charge in [0.1, 0.15) is 23.1 Å². The molecular formula is C19H21F3N4O2. The highest BCUT2D eigenvalue weighted by atomic mass is 19.4. The minimum absolute atomic E-state index is 0.0707. The molecule has 1 aromatic heterocycles. The van der Waals surface area contributed by atoms with Crippen molar-refractivity contribution in [1.29, 1.82) is 0 Å². The fourth-order valence-electron chi connectivity index (χ4n) is 3.21. The van der Waals surface area contributed by atoms with Crippen molar-refractivity contribution < 1.29 is 22.7 Å². The molecule has 3 rings (SSSR count). The van der Waals surface area contributed by atoms with Crippen molar-refractivity contribution in [3.8, 4) is 5.75 Å². The third kappa shape index (κ3) is 4.52. The summed E-state index contributed by atoms with van der Waals surface area (Å²) in [7, 11) is 1.50. The van der Waals surface area contributed by atoms with Gasteiger partial charge in [-0.05, 0) is 31.9 Å². The number of alkyl halides is 3. The molecule has 0 aliphatic carbocycles. The van der Waals surface area contributed by atoms with Crippen LogP contribution in [-0.4, -0.2) is 42.1 Å². The number of hydrogen-bond acceptors (Lipinski definition) is 5. The van der Waals surface area contributed by atoms with E-state index in [4.69, 9.17) is 4.74 Å². The highest BCUT2D eigenvalue weighted by molar-refractivity contribution is 5.97. The Bertz CT molecular complexity index is 849. The smallest absolute Gasteiger partial charge is 0.433 e.